The van der Waals surface area contributed by atoms with Crippen LogP contribution in [0.25, 0.3) is 0 Å². The molecule has 1 aromatic carbocycles. The number of piperazine rings is 1. The van der Waals surface area contributed by atoms with E-state index in [1.165, 1.54) is 5.69 Å². The lowest BCUT2D eigenvalue weighted by atomic mass is 10.0. The van der Waals surface area contributed by atoms with E-state index in [0.717, 1.165) is 51.4 Å². The van der Waals surface area contributed by atoms with Crippen LogP contribution in [0, 0.1) is 0 Å². The summed E-state index contributed by atoms with van der Waals surface area (Å²) in [5, 5.41) is 3.15. The Morgan fingerprint density at radius 2 is 1.91 bits per heavy atom. The molecule has 3 atom stereocenters. The van der Waals surface area contributed by atoms with Gasteiger partial charge < -0.3 is 20.1 Å². The number of rotatable bonds is 6. The molecule has 34 heavy (non-hydrogen) atoms. The van der Waals surface area contributed by atoms with Gasteiger partial charge in [0.25, 0.3) is 0 Å². The van der Waals surface area contributed by atoms with Gasteiger partial charge in [-0.25, -0.2) is 4.98 Å². The second kappa shape index (κ2) is 10.1. The third-order valence-electron chi connectivity index (χ3n) is 7.70. The van der Waals surface area contributed by atoms with Crippen LogP contribution >= 0.6 is 0 Å². The highest BCUT2D eigenvalue weighted by Crippen LogP contribution is 2.28. The number of benzene rings is 1. The van der Waals surface area contributed by atoms with E-state index in [9.17, 15) is 9.59 Å². The molecule has 0 bridgehead atoms. The van der Waals surface area contributed by atoms with Crippen molar-refractivity contribution in [1.29, 1.82) is 0 Å². The fourth-order valence-corrected chi connectivity index (χ4v) is 5.70. The lowest BCUT2D eigenvalue weighted by Crippen LogP contribution is -2.50. The van der Waals surface area contributed by atoms with E-state index in [1.54, 1.807) is 6.20 Å². The number of carbonyl (C=O) groups is 2. The van der Waals surface area contributed by atoms with Crippen LogP contribution < -0.4 is 10.2 Å². The molecule has 3 saturated heterocycles. The van der Waals surface area contributed by atoms with Gasteiger partial charge in [0.05, 0.1) is 6.54 Å². The third kappa shape index (κ3) is 4.81. The van der Waals surface area contributed by atoms with Crippen molar-refractivity contribution in [2.75, 3.05) is 51.2 Å². The van der Waals surface area contributed by atoms with Gasteiger partial charge in [-0.15, -0.1) is 0 Å². The summed E-state index contributed by atoms with van der Waals surface area (Å²) in [7, 11) is 2.11. The smallest absolute Gasteiger partial charge is 0.239 e. The molecule has 2 N–H and O–H groups in total. The molecule has 0 spiro atoms. The molecule has 3 fully saturated rings. The third-order valence-corrected chi connectivity index (χ3v) is 7.70. The zero-order valence-electron chi connectivity index (χ0n) is 19.9. The summed E-state index contributed by atoms with van der Waals surface area (Å²) >= 11 is 0. The number of aromatic amines is 1. The van der Waals surface area contributed by atoms with Gasteiger partial charge in [-0.3, -0.25) is 19.4 Å². The van der Waals surface area contributed by atoms with Crippen molar-refractivity contribution in [3.8, 4) is 0 Å². The number of aromatic nitrogens is 2. The van der Waals surface area contributed by atoms with Crippen molar-refractivity contribution in [1.82, 2.24) is 30.0 Å². The summed E-state index contributed by atoms with van der Waals surface area (Å²) in [5.41, 5.74) is 1.22. The van der Waals surface area contributed by atoms with Crippen LogP contribution in [0.5, 0.6) is 0 Å². The maximum atomic E-state index is 13.0. The molecule has 5 rings (SSSR count). The summed E-state index contributed by atoms with van der Waals surface area (Å²) in [6, 6.07) is 10.5. The molecule has 182 valence electrons. The van der Waals surface area contributed by atoms with Crippen LogP contribution in [0.2, 0.25) is 0 Å². The Kier molecular flexibility index (Phi) is 6.82. The largest absolute Gasteiger partial charge is 0.368 e. The number of likely N-dealkylation sites (N-methyl/N-ethyl adjacent to an activating group) is 1. The fraction of sp³-hybridized carbons (Fsp3) is 0.560. The summed E-state index contributed by atoms with van der Waals surface area (Å²) in [5.74, 6) is 1.20. The lowest BCUT2D eigenvalue weighted by molar-refractivity contribution is -0.132. The molecule has 0 saturated carbocycles. The van der Waals surface area contributed by atoms with Crippen LogP contribution in [0.3, 0.4) is 0 Å². The zero-order valence-corrected chi connectivity index (χ0v) is 19.9. The number of fused-ring (bicyclic) bond motifs is 1. The topological polar surface area (TPSA) is 87.8 Å². The predicted molar refractivity (Wildman–Crippen MR) is 130 cm³/mol. The fourth-order valence-electron chi connectivity index (χ4n) is 5.70. The number of imidazole rings is 1. The molecular formula is C25H35N7O2. The van der Waals surface area contributed by atoms with E-state index in [-0.39, 0.29) is 29.9 Å². The quantitative estimate of drug-likeness (QED) is 0.660. The van der Waals surface area contributed by atoms with E-state index >= 15 is 0 Å². The Balaban J connectivity index is 1.13. The monoisotopic (exact) mass is 465 g/mol. The highest BCUT2D eigenvalue weighted by Gasteiger charge is 2.45. The Morgan fingerprint density at radius 1 is 1.12 bits per heavy atom. The zero-order chi connectivity index (χ0) is 23.5. The maximum absolute atomic E-state index is 13.0. The first kappa shape index (κ1) is 22.9. The van der Waals surface area contributed by atoms with E-state index in [1.807, 2.05) is 17.2 Å². The molecule has 1 aromatic heterocycles. The van der Waals surface area contributed by atoms with Crippen molar-refractivity contribution < 1.29 is 9.59 Å². The molecule has 3 aliphatic heterocycles. The first-order chi connectivity index (χ1) is 16.6. The Hall–Kier alpha value is -2.91. The molecule has 0 radical (unpaired) electrons. The number of H-pyrrole nitrogens is 1. The number of hydrogen-bond donors (Lipinski definition) is 2. The van der Waals surface area contributed by atoms with Gasteiger partial charge in [0.15, 0.2) is 0 Å². The van der Waals surface area contributed by atoms with Crippen LogP contribution in [0.15, 0.2) is 42.7 Å². The Bertz CT molecular complexity index is 959. The van der Waals surface area contributed by atoms with Crippen molar-refractivity contribution >= 4 is 17.5 Å². The minimum Gasteiger partial charge on any atom is -0.368 e. The maximum Gasteiger partial charge on any atom is 0.239 e. The summed E-state index contributed by atoms with van der Waals surface area (Å²) in [4.78, 5) is 42.3. The minimum absolute atomic E-state index is 0.0896. The van der Waals surface area contributed by atoms with Crippen molar-refractivity contribution in [2.24, 2.45) is 0 Å². The van der Waals surface area contributed by atoms with Gasteiger partial charge in [-0.1, -0.05) is 18.2 Å². The van der Waals surface area contributed by atoms with Crippen LogP contribution in [0.1, 0.15) is 25.1 Å². The van der Waals surface area contributed by atoms with E-state index in [0.29, 0.717) is 19.5 Å². The van der Waals surface area contributed by atoms with Crippen molar-refractivity contribution in [3.05, 3.63) is 48.5 Å². The molecule has 3 aliphatic rings. The summed E-state index contributed by atoms with van der Waals surface area (Å²) in [6.45, 7) is 5.36. The molecule has 2 amide bonds. The Morgan fingerprint density at radius 3 is 2.65 bits per heavy atom. The number of amides is 2. The summed E-state index contributed by atoms with van der Waals surface area (Å²) < 4.78 is 0. The average molecular weight is 466 g/mol. The van der Waals surface area contributed by atoms with E-state index < -0.39 is 0 Å². The number of likely N-dealkylation sites (tertiary alicyclic amines) is 1. The molecular weight excluding hydrogens is 430 g/mol. The number of anilines is 1. The number of para-hydroxylation sites is 1. The Labute approximate surface area is 201 Å². The molecule has 9 heteroatoms. The first-order valence-corrected chi connectivity index (χ1v) is 12.4. The average Bonchev–Trinajstić information content (AvgIpc) is 3.52. The molecule has 0 unspecified atom stereocenters. The predicted octanol–water partition coefficient (Wildman–Crippen LogP) is 0.912. The van der Waals surface area contributed by atoms with Crippen LogP contribution in [0.4, 0.5) is 5.69 Å². The van der Waals surface area contributed by atoms with E-state index in [2.05, 4.69) is 61.3 Å². The van der Waals surface area contributed by atoms with Crippen LogP contribution in [-0.2, 0) is 16.1 Å². The van der Waals surface area contributed by atoms with Crippen LogP contribution in [-0.4, -0.2) is 101 Å². The normalized spacial score (nSPS) is 26.3. The molecule has 4 heterocycles. The van der Waals surface area contributed by atoms with Crippen molar-refractivity contribution in [3.63, 3.8) is 0 Å². The van der Waals surface area contributed by atoms with Gasteiger partial charge in [0, 0.05) is 75.9 Å². The van der Waals surface area contributed by atoms with E-state index in [4.69, 9.17) is 0 Å². The molecule has 9 nitrogen and oxygen atoms in total. The SMILES string of the molecule is CN1[C@@H](CCC(=O)N2CCN(c3ccccc3)CC2)CNC(=O)[C@@H]2[C@H]1CCN2Cc1ncc[nH]1. The minimum atomic E-state index is -0.179. The first-order valence-electron chi connectivity index (χ1n) is 12.4. The lowest BCUT2D eigenvalue weighted by Gasteiger charge is -2.37. The van der Waals surface area contributed by atoms with Gasteiger partial charge >= 0.3 is 0 Å². The summed E-state index contributed by atoms with van der Waals surface area (Å²) in [6.07, 6.45) is 5.79. The second-order valence-electron chi connectivity index (χ2n) is 9.61. The van der Waals surface area contributed by atoms with Gasteiger partial charge in [0.1, 0.15) is 11.9 Å². The number of nitrogens with one attached hydrogen (secondary N) is 2. The standard InChI is InChI=1S/C25H35N7O2/c1-29-20(7-8-23(33)31-15-13-30(14-16-31)19-5-3-2-4-6-19)17-28-25(34)24-21(29)9-12-32(24)18-22-26-10-11-27-22/h2-6,10-11,20-21,24H,7-9,12-18H2,1H3,(H,26,27)(H,28,34)/t20-,21+,24-/m0/s1. The van der Waals surface area contributed by atoms with Gasteiger partial charge in [0.2, 0.25) is 11.8 Å². The van der Waals surface area contributed by atoms with Crippen molar-refractivity contribution in [2.45, 2.75) is 43.9 Å². The van der Waals surface area contributed by atoms with Gasteiger partial charge in [-0.2, -0.15) is 0 Å². The highest BCUT2D eigenvalue weighted by molar-refractivity contribution is 5.83. The van der Waals surface area contributed by atoms with Gasteiger partial charge in [-0.05, 0) is 32.0 Å². The number of hydrogen-bond acceptors (Lipinski definition) is 6. The second-order valence-corrected chi connectivity index (χ2v) is 9.61. The molecule has 2 aromatic rings. The highest BCUT2D eigenvalue weighted by atomic mass is 16.2. The molecule has 0 aliphatic carbocycles. The number of nitrogens with zero attached hydrogens (tertiary/aromatic N) is 5. The number of carbonyl (C=O) groups excluding carboxylic acids is 2.